The molecule has 34 heavy (non-hydrogen) atoms. The summed E-state index contributed by atoms with van der Waals surface area (Å²) in [5.41, 5.74) is 1.27. The molecule has 180 valence electrons. The normalized spacial score (nSPS) is 11.8. The average molecular weight is 512 g/mol. The fourth-order valence-corrected chi connectivity index (χ4v) is 4.67. The van der Waals surface area contributed by atoms with Crippen molar-refractivity contribution in [3.05, 3.63) is 77.9 Å². The van der Waals surface area contributed by atoms with Crippen molar-refractivity contribution in [2.75, 3.05) is 17.3 Å². The Balaban J connectivity index is 1.56. The van der Waals surface area contributed by atoms with Gasteiger partial charge in [-0.2, -0.15) is 0 Å². The lowest BCUT2D eigenvalue weighted by atomic mass is 10.2. The van der Waals surface area contributed by atoms with E-state index in [1.807, 2.05) is 0 Å². The fourth-order valence-electron chi connectivity index (χ4n) is 2.98. The maximum atomic E-state index is 12.5. The van der Waals surface area contributed by atoms with Crippen molar-refractivity contribution >= 4 is 33.2 Å². The van der Waals surface area contributed by atoms with Crippen LogP contribution in [0, 0.1) is 0 Å². The minimum absolute atomic E-state index is 0.221. The lowest BCUT2D eigenvalue weighted by Crippen LogP contribution is -2.17. The summed E-state index contributed by atoms with van der Waals surface area (Å²) in [6.07, 6.45) is -3.26. The van der Waals surface area contributed by atoms with Gasteiger partial charge in [0.15, 0.2) is 9.84 Å². The summed E-state index contributed by atoms with van der Waals surface area (Å²) in [4.78, 5) is 13.1. The van der Waals surface area contributed by atoms with Gasteiger partial charge in [0, 0.05) is 28.2 Å². The number of carbonyl (C=O) groups excluding carboxylic acids is 1. The number of amides is 1. The number of alkyl halides is 3. The Labute approximate surface area is 198 Å². The molecule has 0 spiro atoms. The molecule has 0 saturated carbocycles. The number of sulfone groups is 1. The molecular weight excluding hydrogens is 491 g/mol. The van der Waals surface area contributed by atoms with Gasteiger partial charge in [-0.25, -0.2) is 8.42 Å². The van der Waals surface area contributed by atoms with Gasteiger partial charge < -0.3 is 15.2 Å². The molecule has 3 aromatic rings. The summed E-state index contributed by atoms with van der Waals surface area (Å²) in [5, 5.41) is 12.3. The monoisotopic (exact) mass is 511 g/mol. The molecule has 6 nitrogen and oxygen atoms in total. The van der Waals surface area contributed by atoms with Gasteiger partial charge in [0.05, 0.1) is 0 Å². The zero-order valence-electron chi connectivity index (χ0n) is 17.8. The van der Waals surface area contributed by atoms with E-state index < -0.39 is 27.9 Å². The van der Waals surface area contributed by atoms with Gasteiger partial charge in [-0.3, -0.25) is 4.79 Å². The number of anilines is 1. The molecule has 0 heterocycles. The highest BCUT2D eigenvalue weighted by molar-refractivity contribution is 7.99. The summed E-state index contributed by atoms with van der Waals surface area (Å²) in [5.74, 6) is -0.518. The Bertz CT molecular complexity index is 1280. The molecular formula is C23H20F3NO5S2. The largest absolute Gasteiger partial charge is 0.573 e. The van der Waals surface area contributed by atoms with Crippen molar-refractivity contribution in [3.63, 3.8) is 0 Å². The van der Waals surface area contributed by atoms with E-state index in [-0.39, 0.29) is 16.3 Å². The number of ether oxygens (including phenoxy) is 1. The predicted molar refractivity (Wildman–Crippen MR) is 123 cm³/mol. The molecule has 0 bridgehead atoms. The van der Waals surface area contributed by atoms with Crippen molar-refractivity contribution in [3.8, 4) is 11.5 Å². The van der Waals surface area contributed by atoms with Crippen LogP contribution in [0.3, 0.4) is 0 Å². The molecule has 1 amide bonds. The Morgan fingerprint density at radius 3 is 2.41 bits per heavy atom. The van der Waals surface area contributed by atoms with Gasteiger partial charge in [0.1, 0.15) is 16.4 Å². The Morgan fingerprint density at radius 1 is 1.06 bits per heavy atom. The molecule has 11 heteroatoms. The summed E-state index contributed by atoms with van der Waals surface area (Å²) in [6.45, 7) is 0. The SMILES string of the molecule is CS(=O)(=O)c1cc(NC(=O)c2ccc(SCCc3cccc(OC(F)(F)F)c3)cc2)ccc1O. The maximum Gasteiger partial charge on any atom is 0.573 e. The lowest BCUT2D eigenvalue weighted by molar-refractivity contribution is -0.274. The number of halogens is 3. The number of benzene rings is 3. The van der Waals surface area contributed by atoms with E-state index in [0.717, 1.165) is 11.2 Å². The van der Waals surface area contributed by atoms with Crippen LogP contribution in [-0.2, 0) is 16.3 Å². The summed E-state index contributed by atoms with van der Waals surface area (Å²) >= 11 is 1.48. The predicted octanol–water partition coefficient (Wildman–Crippen LogP) is 5.28. The van der Waals surface area contributed by atoms with Crippen molar-refractivity contribution in [1.29, 1.82) is 0 Å². The first-order chi connectivity index (χ1) is 15.9. The minimum atomic E-state index is -4.74. The average Bonchev–Trinajstić information content (AvgIpc) is 2.74. The highest BCUT2D eigenvalue weighted by Crippen LogP contribution is 2.27. The number of aryl methyl sites for hydroxylation is 1. The molecule has 0 aliphatic heterocycles. The molecule has 0 unspecified atom stereocenters. The standard InChI is InChI=1S/C23H20F3NO5S2/c1-34(30,31)21-14-17(7-10-20(21)28)27-22(29)16-5-8-19(9-6-16)33-12-11-15-3-2-4-18(13-15)32-23(24,25)26/h2-10,13-14,28H,11-12H2,1H3,(H,27,29). The third-order valence-electron chi connectivity index (χ3n) is 4.53. The number of hydrogen-bond donors (Lipinski definition) is 2. The molecule has 0 fully saturated rings. The van der Waals surface area contributed by atoms with Gasteiger partial charge in [-0.1, -0.05) is 12.1 Å². The first-order valence-corrected chi connectivity index (χ1v) is 12.7. The van der Waals surface area contributed by atoms with Crippen LogP contribution in [0.4, 0.5) is 18.9 Å². The second kappa shape index (κ2) is 10.4. The quantitative estimate of drug-likeness (QED) is 0.316. The number of phenolic OH excluding ortho intramolecular Hbond substituents is 1. The molecule has 0 saturated heterocycles. The second-order valence-electron chi connectivity index (χ2n) is 7.23. The van der Waals surface area contributed by atoms with Crippen molar-refractivity contribution < 1.29 is 36.2 Å². The Morgan fingerprint density at radius 2 is 1.76 bits per heavy atom. The van der Waals surface area contributed by atoms with Crippen molar-refractivity contribution in [2.24, 2.45) is 0 Å². The van der Waals surface area contributed by atoms with Crippen LogP contribution in [0.2, 0.25) is 0 Å². The van der Waals surface area contributed by atoms with Crippen LogP contribution in [0.25, 0.3) is 0 Å². The van der Waals surface area contributed by atoms with Gasteiger partial charge in [-0.15, -0.1) is 24.9 Å². The number of hydrogen-bond acceptors (Lipinski definition) is 6. The Hall–Kier alpha value is -3.18. The summed E-state index contributed by atoms with van der Waals surface area (Å²) in [6, 6.07) is 16.3. The number of carbonyl (C=O) groups is 1. The van der Waals surface area contributed by atoms with Crippen LogP contribution < -0.4 is 10.1 Å². The van der Waals surface area contributed by atoms with Crippen LogP contribution in [0.15, 0.2) is 76.5 Å². The van der Waals surface area contributed by atoms with Gasteiger partial charge >= 0.3 is 6.36 Å². The van der Waals surface area contributed by atoms with Gasteiger partial charge in [-0.05, 0) is 66.6 Å². The molecule has 0 aromatic heterocycles. The number of phenols is 1. The zero-order valence-corrected chi connectivity index (χ0v) is 19.4. The molecule has 0 aliphatic rings. The molecule has 0 atom stereocenters. The number of aromatic hydroxyl groups is 1. The van der Waals surface area contributed by atoms with Crippen LogP contribution in [0.1, 0.15) is 15.9 Å². The van der Waals surface area contributed by atoms with E-state index in [1.165, 1.54) is 48.2 Å². The fraction of sp³-hybridized carbons (Fsp3) is 0.174. The third-order valence-corrected chi connectivity index (χ3v) is 6.66. The van der Waals surface area contributed by atoms with E-state index in [2.05, 4.69) is 10.1 Å². The van der Waals surface area contributed by atoms with Crippen LogP contribution in [-0.4, -0.2) is 37.8 Å². The number of rotatable bonds is 8. The van der Waals surface area contributed by atoms with E-state index >= 15 is 0 Å². The highest BCUT2D eigenvalue weighted by atomic mass is 32.2. The molecule has 3 rings (SSSR count). The summed E-state index contributed by atoms with van der Waals surface area (Å²) in [7, 11) is -3.66. The van der Waals surface area contributed by atoms with Crippen molar-refractivity contribution in [2.45, 2.75) is 22.6 Å². The third kappa shape index (κ3) is 7.42. The molecule has 3 aromatic carbocycles. The first-order valence-electron chi connectivity index (χ1n) is 9.83. The lowest BCUT2D eigenvalue weighted by Gasteiger charge is -2.10. The van der Waals surface area contributed by atoms with Gasteiger partial charge in [0.25, 0.3) is 5.91 Å². The number of nitrogens with one attached hydrogen (secondary N) is 1. The number of thioether (sulfide) groups is 1. The first kappa shape index (κ1) is 25.4. The molecule has 2 N–H and O–H groups in total. The zero-order chi connectivity index (χ0) is 24.9. The van der Waals surface area contributed by atoms with Crippen LogP contribution in [0.5, 0.6) is 11.5 Å². The topological polar surface area (TPSA) is 92.7 Å². The Kier molecular flexibility index (Phi) is 7.78. The van der Waals surface area contributed by atoms with E-state index in [0.29, 0.717) is 23.3 Å². The second-order valence-corrected chi connectivity index (χ2v) is 10.4. The van der Waals surface area contributed by atoms with Crippen LogP contribution >= 0.6 is 11.8 Å². The minimum Gasteiger partial charge on any atom is -0.507 e. The van der Waals surface area contributed by atoms with E-state index in [1.54, 1.807) is 30.3 Å². The molecule has 0 radical (unpaired) electrons. The van der Waals surface area contributed by atoms with E-state index in [4.69, 9.17) is 0 Å². The smallest absolute Gasteiger partial charge is 0.507 e. The highest BCUT2D eigenvalue weighted by Gasteiger charge is 2.31. The van der Waals surface area contributed by atoms with Gasteiger partial charge in [0.2, 0.25) is 0 Å². The van der Waals surface area contributed by atoms with E-state index in [9.17, 15) is 31.5 Å². The maximum absolute atomic E-state index is 12.5. The molecule has 0 aliphatic carbocycles. The summed E-state index contributed by atoms with van der Waals surface area (Å²) < 4.78 is 64.4. The van der Waals surface area contributed by atoms with Crippen molar-refractivity contribution in [1.82, 2.24) is 0 Å².